The van der Waals surface area contributed by atoms with E-state index in [1.807, 2.05) is 0 Å². The Morgan fingerprint density at radius 1 is 1.39 bits per heavy atom. The fraction of sp³-hybridized carbons (Fsp3) is 0.364. The van der Waals surface area contributed by atoms with Crippen LogP contribution in [-0.2, 0) is 29.2 Å². The SMILES string of the molecule is COC(=O)C1=C(CN2CCOCC2C(=O)O)NC(c2nccs2)=NC1c1ccc(F)cc1Cl.CS(=O)(=O)O. The van der Waals surface area contributed by atoms with Crippen LogP contribution >= 0.6 is 22.9 Å². The highest BCUT2D eigenvalue weighted by molar-refractivity contribution is 7.85. The number of halogens is 2. The number of rotatable bonds is 6. The maximum Gasteiger partial charge on any atom is 0.338 e. The Hall–Kier alpha value is -2.95. The molecule has 1 aromatic heterocycles. The van der Waals surface area contributed by atoms with E-state index >= 15 is 0 Å². The first-order valence-electron chi connectivity index (χ1n) is 10.9. The molecule has 1 saturated heterocycles. The van der Waals surface area contributed by atoms with Gasteiger partial charge >= 0.3 is 11.9 Å². The van der Waals surface area contributed by atoms with Crippen molar-refractivity contribution in [3.8, 4) is 0 Å². The van der Waals surface area contributed by atoms with Gasteiger partial charge in [0.2, 0.25) is 0 Å². The molecule has 3 heterocycles. The number of nitrogens with one attached hydrogen (secondary N) is 1. The minimum atomic E-state index is -3.67. The zero-order chi connectivity index (χ0) is 28.0. The van der Waals surface area contributed by atoms with Gasteiger partial charge in [-0.1, -0.05) is 17.7 Å². The van der Waals surface area contributed by atoms with Crippen LogP contribution in [0.15, 0.2) is 46.0 Å². The summed E-state index contributed by atoms with van der Waals surface area (Å²) in [6, 6.07) is 2.05. The standard InChI is InChI=1S/C21H20ClFN4O5S.CH4O3S/c1-31-21(30)16-14(9-27-5-6-32-10-15(27)20(28)29)25-18(19-24-4-7-33-19)26-17(16)12-3-2-11(23)8-13(12)22;1-5(2,3)4/h2-4,7-8,15,17H,5-6,9-10H2,1H3,(H,25,26)(H,28,29);1H3,(H,2,3,4). The molecule has 3 N–H and O–H groups in total. The highest BCUT2D eigenvalue weighted by Crippen LogP contribution is 2.37. The van der Waals surface area contributed by atoms with Gasteiger partial charge in [0.1, 0.15) is 17.9 Å². The number of aliphatic imine (C=N–C) groups is 1. The summed E-state index contributed by atoms with van der Waals surface area (Å²) in [5.74, 6) is -1.83. The monoisotopic (exact) mass is 590 g/mol. The Morgan fingerprint density at radius 2 is 2.11 bits per heavy atom. The molecule has 2 aliphatic heterocycles. The van der Waals surface area contributed by atoms with E-state index in [0.717, 1.165) is 6.07 Å². The third-order valence-electron chi connectivity index (χ3n) is 5.31. The molecule has 0 radical (unpaired) electrons. The van der Waals surface area contributed by atoms with Gasteiger partial charge in [-0.25, -0.2) is 14.2 Å². The lowest BCUT2D eigenvalue weighted by molar-refractivity contribution is -0.149. The number of esters is 1. The lowest BCUT2D eigenvalue weighted by Crippen LogP contribution is -2.52. The summed E-state index contributed by atoms with van der Waals surface area (Å²) in [4.78, 5) is 35.3. The fourth-order valence-electron chi connectivity index (χ4n) is 3.73. The number of ether oxygens (including phenoxy) is 2. The summed E-state index contributed by atoms with van der Waals surface area (Å²) in [5.41, 5.74) is 0.964. The first-order chi connectivity index (χ1) is 17.9. The number of hydrogen-bond donors (Lipinski definition) is 3. The van der Waals surface area contributed by atoms with Gasteiger partial charge in [-0.15, -0.1) is 11.3 Å². The van der Waals surface area contributed by atoms with E-state index in [-0.39, 0.29) is 23.7 Å². The van der Waals surface area contributed by atoms with Gasteiger partial charge < -0.3 is 19.9 Å². The lowest BCUT2D eigenvalue weighted by atomic mass is 9.95. The number of nitrogens with zero attached hydrogens (tertiary/aromatic N) is 3. The maximum absolute atomic E-state index is 13.7. The summed E-state index contributed by atoms with van der Waals surface area (Å²) in [6.45, 7) is 0.814. The molecule has 1 fully saturated rings. The Bertz CT molecular complexity index is 1340. The van der Waals surface area contributed by atoms with Crippen molar-refractivity contribution in [1.29, 1.82) is 0 Å². The first-order valence-corrected chi connectivity index (χ1v) is 14.0. The maximum atomic E-state index is 13.7. The number of aliphatic carboxylic acids is 1. The molecule has 1 aromatic carbocycles. The van der Waals surface area contributed by atoms with Crippen LogP contribution in [0.3, 0.4) is 0 Å². The van der Waals surface area contributed by atoms with Crippen molar-refractivity contribution >= 4 is 50.8 Å². The van der Waals surface area contributed by atoms with Crippen LogP contribution in [0.1, 0.15) is 16.6 Å². The van der Waals surface area contributed by atoms with Crippen LogP contribution in [0.2, 0.25) is 5.02 Å². The van der Waals surface area contributed by atoms with Crippen LogP contribution < -0.4 is 5.32 Å². The Kier molecular flexibility index (Phi) is 9.92. The van der Waals surface area contributed by atoms with Gasteiger partial charge in [-0.05, 0) is 12.1 Å². The molecule has 2 atom stereocenters. The number of hydrogen-bond acceptors (Lipinski definition) is 11. The molecule has 206 valence electrons. The predicted octanol–water partition coefficient (Wildman–Crippen LogP) is 1.74. The zero-order valence-electron chi connectivity index (χ0n) is 20.1. The lowest BCUT2D eigenvalue weighted by Gasteiger charge is -2.35. The number of benzene rings is 1. The molecule has 0 bridgehead atoms. The van der Waals surface area contributed by atoms with E-state index in [4.69, 9.17) is 25.6 Å². The van der Waals surface area contributed by atoms with Crippen molar-refractivity contribution in [3.63, 3.8) is 0 Å². The molecule has 2 aliphatic rings. The summed E-state index contributed by atoms with van der Waals surface area (Å²) in [7, 11) is -2.43. The Labute approximate surface area is 226 Å². The number of carbonyl (C=O) groups is 2. The highest BCUT2D eigenvalue weighted by Gasteiger charge is 2.37. The van der Waals surface area contributed by atoms with Gasteiger partial charge in [-0.3, -0.25) is 19.2 Å². The van der Waals surface area contributed by atoms with E-state index in [2.05, 4.69) is 15.3 Å². The molecular formula is C22H24ClFN4O8S2. The average Bonchev–Trinajstić information content (AvgIpc) is 3.37. The highest BCUT2D eigenvalue weighted by atomic mass is 35.5. The molecule has 0 spiro atoms. The number of carboxylic acid groups (broad SMARTS) is 1. The fourth-order valence-corrected chi connectivity index (χ4v) is 4.58. The number of carboxylic acids is 1. The zero-order valence-corrected chi connectivity index (χ0v) is 22.5. The van der Waals surface area contributed by atoms with Gasteiger partial charge in [0.05, 0.1) is 32.2 Å². The number of amidine groups is 1. The molecule has 0 aliphatic carbocycles. The van der Waals surface area contributed by atoms with Gasteiger partial charge in [-0.2, -0.15) is 8.42 Å². The van der Waals surface area contributed by atoms with Crippen molar-refractivity contribution in [3.05, 3.63) is 62.5 Å². The second kappa shape index (κ2) is 12.7. The van der Waals surface area contributed by atoms with Crippen molar-refractivity contribution in [1.82, 2.24) is 15.2 Å². The third kappa shape index (κ3) is 7.78. The molecular weight excluding hydrogens is 567 g/mol. The molecule has 16 heteroatoms. The first kappa shape index (κ1) is 29.6. The van der Waals surface area contributed by atoms with E-state index in [9.17, 15) is 27.5 Å². The molecule has 4 rings (SSSR count). The number of methoxy groups -OCH3 is 1. The van der Waals surface area contributed by atoms with Crippen molar-refractivity contribution in [2.24, 2.45) is 4.99 Å². The average molecular weight is 591 g/mol. The molecule has 12 nitrogen and oxygen atoms in total. The number of morpholine rings is 1. The third-order valence-corrected chi connectivity index (χ3v) is 6.42. The van der Waals surface area contributed by atoms with Crippen LogP contribution in [0, 0.1) is 5.82 Å². The number of aromatic nitrogens is 1. The molecule has 38 heavy (non-hydrogen) atoms. The Morgan fingerprint density at radius 3 is 2.68 bits per heavy atom. The van der Waals surface area contributed by atoms with E-state index in [0.29, 0.717) is 41.5 Å². The Balaban J connectivity index is 0.000000732. The molecule has 0 amide bonds. The van der Waals surface area contributed by atoms with E-state index in [1.54, 1.807) is 16.5 Å². The predicted molar refractivity (Wildman–Crippen MR) is 136 cm³/mol. The van der Waals surface area contributed by atoms with E-state index in [1.165, 1.54) is 30.6 Å². The second-order valence-electron chi connectivity index (χ2n) is 8.02. The van der Waals surface area contributed by atoms with E-state index < -0.39 is 40.0 Å². The molecule has 0 saturated carbocycles. The normalized spacial score (nSPS) is 20.1. The summed E-state index contributed by atoms with van der Waals surface area (Å²) in [6.07, 6.45) is 2.33. The number of thiazole rings is 1. The van der Waals surface area contributed by atoms with Crippen LogP contribution in [0.4, 0.5) is 4.39 Å². The van der Waals surface area contributed by atoms with Gasteiger partial charge in [0.25, 0.3) is 10.1 Å². The van der Waals surface area contributed by atoms with Gasteiger partial charge in [0.15, 0.2) is 10.8 Å². The van der Waals surface area contributed by atoms with Crippen molar-refractivity contribution < 1.29 is 41.5 Å². The summed E-state index contributed by atoms with van der Waals surface area (Å²) < 4.78 is 49.9. The van der Waals surface area contributed by atoms with Crippen molar-refractivity contribution in [2.45, 2.75) is 12.1 Å². The largest absolute Gasteiger partial charge is 0.480 e. The molecule has 2 aromatic rings. The van der Waals surface area contributed by atoms with Crippen LogP contribution in [-0.4, -0.2) is 91.4 Å². The minimum Gasteiger partial charge on any atom is -0.480 e. The van der Waals surface area contributed by atoms with Crippen LogP contribution in [0.5, 0.6) is 0 Å². The summed E-state index contributed by atoms with van der Waals surface area (Å²) in [5, 5.41) is 15.2. The van der Waals surface area contributed by atoms with Gasteiger partial charge in [0, 0.05) is 40.9 Å². The quantitative estimate of drug-likeness (QED) is 0.331. The molecule has 2 unspecified atom stereocenters. The van der Waals surface area contributed by atoms with Crippen LogP contribution in [0.25, 0.3) is 0 Å². The topological polar surface area (TPSA) is 168 Å². The minimum absolute atomic E-state index is 0.0246. The summed E-state index contributed by atoms with van der Waals surface area (Å²) >= 11 is 7.67. The second-order valence-corrected chi connectivity index (χ2v) is 10.8. The smallest absolute Gasteiger partial charge is 0.338 e. The number of carbonyl (C=O) groups excluding carboxylic acids is 1. The van der Waals surface area contributed by atoms with Crippen molar-refractivity contribution in [2.75, 3.05) is 39.7 Å².